The van der Waals surface area contributed by atoms with Crippen LogP contribution in [0.25, 0.3) is 5.65 Å². The number of carbonyl (C=O) groups excluding carboxylic acids is 1. The van der Waals surface area contributed by atoms with Gasteiger partial charge in [0.25, 0.3) is 0 Å². The van der Waals surface area contributed by atoms with Gasteiger partial charge in [-0.25, -0.2) is 14.3 Å². The molecule has 1 saturated heterocycles. The number of piperidine rings is 1. The zero-order valence-electron chi connectivity index (χ0n) is 14.5. The predicted octanol–water partition coefficient (Wildman–Crippen LogP) is 4.15. The van der Waals surface area contributed by atoms with E-state index in [1.165, 1.54) is 0 Å². The van der Waals surface area contributed by atoms with Gasteiger partial charge in [-0.3, -0.25) is 4.90 Å². The molecule has 6 nitrogen and oxygen atoms in total. The maximum Gasteiger partial charge on any atom is 0.410 e. The van der Waals surface area contributed by atoms with Crippen molar-refractivity contribution in [2.24, 2.45) is 0 Å². The van der Waals surface area contributed by atoms with Crippen molar-refractivity contribution in [2.75, 3.05) is 6.54 Å². The number of carbonyl (C=O) groups is 1. The number of fused-ring (bicyclic) bond motifs is 1. The van der Waals surface area contributed by atoms with E-state index in [0.29, 0.717) is 17.3 Å². The minimum Gasteiger partial charge on any atom is -0.444 e. The number of likely N-dealkylation sites (tertiary alicyclic amines) is 1. The molecule has 0 N–H and O–H groups in total. The first-order valence-electron chi connectivity index (χ1n) is 8.26. The van der Waals surface area contributed by atoms with Crippen molar-refractivity contribution in [1.82, 2.24) is 19.5 Å². The predicted molar refractivity (Wildman–Crippen MR) is 92.3 cm³/mol. The molecule has 0 bridgehead atoms. The van der Waals surface area contributed by atoms with Crippen LogP contribution in [0.2, 0.25) is 5.15 Å². The largest absolute Gasteiger partial charge is 0.444 e. The summed E-state index contributed by atoms with van der Waals surface area (Å²) in [6, 6.07) is 1.81. The van der Waals surface area contributed by atoms with Crippen LogP contribution in [0, 0.1) is 6.92 Å². The maximum absolute atomic E-state index is 12.6. The minimum atomic E-state index is -0.510. The summed E-state index contributed by atoms with van der Waals surface area (Å²) in [5.74, 6) is 0. The Kier molecular flexibility index (Phi) is 4.42. The summed E-state index contributed by atoms with van der Waals surface area (Å²) in [5, 5.41) is 5.09. The SMILES string of the molecule is Cc1cn2nc(C3CCCCN3C(=O)OC(C)(C)C)cc2nc1Cl. The number of aromatic nitrogens is 3. The molecule has 0 radical (unpaired) electrons. The fourth-order valence-electron chi connectivity index (χ4n) is 2.95. The van der Waals surface area contributed by atoms with Gasteiger partial charge in [-0.05, 0) is 47.0 Å². The van der Waals surface area contributed by atoms with Crippen LogP contribution in [0.4, 0.5) is 4.79 Å². The first kappa shape index (κ1) is 17.0. The number of ether oxygens (including phenoxy) is 1. The fourth-order valence-corrected chi connectivity index (χ4v) is 3.08. The molecule has 1 fully saturated rings. The molecule has 0 aromatic carbocycles. The van der Waals surface area contributed by atoms with Gasteiger partial charge < -0.3 is 4.74 Å². The second-order valence-corrected chi connectivity index (χ2v) is 7.63. The lowest BCUT2D eigenvalue weighted by Gasteiger charge is -2.35. The monoisotopic (exact) mass is 350 g/mol. The zero-order valence-corrected chi connectivity index (χ0v) is 15.3. The highest BCUT2D eigenvalue weighted by molar-refractivity contribution is 6.30. The molecule has 3 heterocycles. The van der Waals surface area contributed by atoms with Gasteiger partial charge in [-0.1, -0.05) is 11.6 Å². The Balaban J connectivity index is 1.91. The number of hydrogen-bond donors (Lipinski definition) is 0. The highest BCUT2D eigenvalue weighted by Crippen LogP contribution is 2.32. The van der Waals surface area contributed by atoms with Crippen LogP contribution in [0.3, 0.4) is 0 Å². The molecular weight excluding hydrogens is 328 g/mol. The third-order valence-electron chi connectivity index (χ3n) is 4.06. The van der Waals surface area contributed by atoms with Gasteiger partial charge in [-0.15, -0.1) is 0 Å². The van der Waals surface area contributed by atoms with Crippen LogP contribution in [0.1, 0.15) is 57.3 Å². The van der Waals surface area contributed by atoms with E-state index in [1.54, 1.807) is 9.42 Å². The van der Waals surface area contributed by atoms with E-state index in [2.05, 4.69) is 10.1 Å². The Morgan fingerprint density at radius 2 is 2.12 bits per heavy atom. The van der Waals surface area contributed by atoms with E-state index in [0.717, 1.165) is 30.5 Å². The van der Waals surface area contributed by atoms with Crippen molar-refractivity contribution in [1.29, 1.82) is 0 Å². The van der Waals surface area contributed by atoms with Crippen LogP contribution in [-0.4, -0.2) is 37.7 Å². The van der Waals surface area contributed by atoms with Crippen molar-refractivity contribution >= 4 is 23.3 Å². The molecular formula is C17H23ClN4O2. The first-order valence-corrected chi connectivity index (χ1v) is 8.64. The number of aryl methyl sites for hydroxylation is 1. The molecule has 1 amide bonds. The van der Waals surface area contributed by atoms with Crippen LogP contribution in [-0.2, 0) is 4.74 Å². The molecule has 2 aromatic rings. The lowest BCUT2D eigenvalue weighted by atomic mass is 10.00. The molecule has 7 heteroatoms. The fraction of sp³-hybridized carbons (Fsp3) is 0.588. The number of halogens is 1. The normalized spacial score (nSPS) is 18.9. The molecule has 0 saturated carbocycles. The Labute approximate surface area is 146 Å². The van der Waals surface area contributed by atoms with Gasteiger partial charge in [0, 0.05) is 24.4 Å². The average Bonchev–Trinajstić information content (AvgIpc) is 2.88. The van der Waals surface area contributed by atoms with Gasteiger partial charge in [0.15, 0.2) is 5.65 Å². The second kappa shape index (κ2) is 6.24. The van der Waals surface area contributed by atoms with Gasteiger partial charge >= 0.3 is 6.09 Å². The lowest BCUT2D eigenvalue weighted by molar-refractivity contribution is 0.00898. The highest BCUT2D eigenvalue weighted by Gasteiger charge is 2.33. The van der Waals surface area contributed by atoms with Crippen LogP contribution in [0.5, 0.6) is 0 Å². The molecule has 3 rings (SSSR count). The Hall–Kier alpha value is -1.82. The number of rotatable bonds is 1. The van der Waals surface area contributed by atoms with Gasteiger partial charge in [0.2, 0.25) is 0 Å². The highest BCUT2D eigenvalue weighted by atomic mass is 35.5. The smallest absolute Gasteiger partial charge is 0.410 e. The maximum atomic E-state index is 12.6. The molecule has 0 spiro atoms. The van der Waals surface area contributed by atoms with E-state index >= 15 is 0 Å². The molecule has 0 aliphatic carbocycles. The van der Waals surface area contributed by atoms with E-state index in [-0.39, 0.29) is 12.1 Å². The summed E-state index contributed by atoms with van der Waals surface area (Å²) < 4.78 is 7.28. The molecule has 2 aromatic heterocycles. The van der Waals surface area contributed by atoms with E-state index in [4.69, 9.17) is 16.3 Å². The summed E-state index contributed by atoms with van der Waals surface area (Å²) >= 11 is 6.10. The standard InChI is InChI=1S/C17H23ClN4O2/c1-11-10-22-14(19-15(11)18)9-12(20-22)13-7-5-6-8-21(13)16(23)24-17(2,3)4/h9-10,13H,5-8H2,1-4H3. The van der Waals surface area contributed by atoms with E-state index in [1.807, 2.05) is 40.0 Å². The molecule has 24 heavy (non-hydrogen) atoms. The zero-order chi connectivity index (χ0) is 17.5. The minimum absolute atomic E-state index is 0.0885. The van der Waals surface area contributed by atoms with Crippen molar-refractivity contribution in [3.8, 4) is 0 Å². The topological polar surface area (TPSA) is 59.7 Å². The Morgan fingerprint density at radius 3 is 2.83 bits per heavy atom. The third kappa shape index (κ3) is 3.48. The first-order chi connectivity index (χ1) is 11.2. The second-order valence-electron chi connectivity index (χ2n) is 7.27. The number of amides is 1. The average molecular weight is 351 g/mol. The van der Waals surface area contributed by atoms with Crippen molar-refractivity contribution < 1.29 is 9.53 Å². The van der Waals surface area contributed by atoms with Crippen molar-refractivity contribution in [3.05, 3.63) is 28.7 Å². The molecule has 1 atom stereocenters. The molecule has 1 aliphatic rings. The number of hydrogen-bond acceptors (Lipinski definition) is 4. The van der Waals surface area contributed by atoms with Gasteiger partial charge in [0.1, 0.15) is 10.8 Å². The van der Waals surface area contributed by atoms with Crippen molar-refractivity contribution in [2.45, 2.75) is 58.6 Å². The van der Waals surface area contributed by atoms with Crippen LogP contribution < -0.4 is 0 Å². The number of nitrogens with zero attached hydrogens (tertiary/aromatic N) is 4. The van der Waals surface area contributed by atoms with E-state index in [9.17, 15) is 4.79 Å². The van der Waals surface area contributed by atoms with Crippen LogP contribution in [0.15, 0.2) is 12.3 Å². The quantitative estimate of drug-likeness (QED) is 0.725. The summed E-state index contributed by atoms with van der Waals surface area (Å²) in [7, 11) is 0. The summed E-state index contributed by atoms with van der Waals surface area (Å²) in [5.41, 5.74) is 1.88. The summed E-state index contributed by atoms with van der Waals surface area (Å²) in [6.45, 7) is 8.21. The van der Waals surface area contributed by atoms with Gasteiger partial charge in [0.05, 0.1) is 11.7 Å². The summed E-state index contributed by atoms with van der Waals surface area (Å²) in [4.78, 5) is 18.7. The van der Waals surface area contributed by atoms with Crippen LogP contribution >= 0.6 is 11.6 Å². The Morgan fingerprint density at radius 1 is 1.38 bits per heavy atom. The van der Waals surface area contributed by atoms with E-state index < -0.39 is 5.60 Å². The Bertz CT molecular complexity index is 727. The van der Waals surface area contributed by atoms with Crippen molar-refractivity contribution in [3.63, 3.8) is 0 Å². The molecule has 1 aliphatic heterocycles. The molecule has 130 valence electrons. The lowest BCUT2D eigenvalue weighted by Crippen LogP contribution is -2.42. The summed E-state index contributed by atoms with van der Waals surface area (Å²) in [6.07, 6.45) is 4.48. The third-order valence-corrected chi connectivity index (χ3v) is 4.44. The van der Waals surface area contributed by atoms with Gasteiger partial charge in [-0.2, -0.15) is 5.10 Å². The molecule has 1 unspecified atom stereocenters.